The van der Waals surface area contributed by atoms with Gasteiger partial charge in [-0.15, -0.1) is 0 Å². The predicted molar refractivity (Wildman–Crippen MR) is 95.2 cm³/mol. The highest BCUT2D eigenvalue weighted by Gasteiger charge is 2.24. The van der Waals surface area contributed by atoms with Crippen molar-refractivity contribution < 1.29 is 9.53 Å². The zero-order valence-electron chi connectivity index (χ0n) is 14.4. The fourth-order valence-corrected chi connectivity index (χ4v) is 2.96. The lowest BCUT2D eigenvalue weighted by Crippen LogP contribution is -2.42. The van der Waals surface area contributed by atoms with E-state index in [9.17, 15) is 4.79 Å². The second kappa shape index (κ2) is 7.43. The van der Waals surface area contributed by atoms with Crippen LogP contribution in [0.1, 0.15) is 52.0 Å². The third-order valence-electron chi connectivity index (χ3n) is 3.99. The molecule has 1 aromatic carbocycles. The van der Waals surface area contributed by atoms with Gasteiger partial charge in [-0.1, -0.05) is 17.7 Å². The van der Waals surface area contributed by atoms with Crippen LogP contribution in [0.5, 0.6) is 0 Å². The molecule has 2 rings (SSSR count). The highest BCUT2D eigenvalue weighted by molar-refractivity contribution is 6.31. The van der Waals surface area contributed by atoms with Crippen molar-refractivity contribution in [1.29, 1.82) is 0 Å². The molecule has 1 amide bonds. The number of amides is 1. The van der Waals surface area contributed by atoms with Crippen LogP contribution in [-0.2, 0) is 4.74 Å². The summed E-state index contributed by atoms with van der Waals surface area (Å²) in [6.07, 6.45) is 3.63. The topological polar surface area (TPSA) is 50.4 Å². The number of ether oxygens (including phenoxy) is 1. The van der Waals surface area contributed by atoms with E-state index in [1.165, 1.54) is 0 Å². The summed E-state index contributed by atoms with van der Waals surface area (Å²) in [5.41, 5.74) is 1.69. The zero-order chi connectivity index (χ0) is 17.0. The maximum Gasteiger partial charge on any atom is 0.407 e. The molecule has 1 aliphatic carbocycles. The number of carbonyl (C=O) groups excluding carboxylic acids is 1. The zero-order valence-corrected chi connectivity index (χ0v) is 15.2. The van der Waals surface area contributed by atoms with Crippen LogP contribution in [0.25, 0.3) is 0 Å². The van der Waals surface area contributed by atoms with E-state index in [4.69, 9.17) is 16.3 Å². The standard InChI is InChI=1S/C18H27ClN2O2/c1-12-5-6-15(11-16(12)19)20-13-7-9-14(10-8-13)21-17(22)23-18(2,3)4/h5-6,11,13-14,20H,7-10H2,1-4H3,(H,21,22). The second-order valence-corrected chi connectivity index (χ2v) is 7.71. The van der Waals surface area contributed by atoms with Gasteiger partial charge in [0.1, 0.15) is 5.60 Å². The first kappa shape index (κ1) is 17.9. The van der Waals surface area contributed by atoms with Gasteiger partial charge in [-0.3, -0.25) is 0 Å². The monoisotopic (exact) mass is 338 g/mol. The molecule has 1 aromatic rings. The molecule has 0 spiro atoms. The smallest absolute Gasteiger partial charge is 0.407 e. The van der Waals surface area contributed by atoms with Gasteiger partial charge in [0.05, 0.1) is 0 Å². The summed E-state index contributed by atoms with van der Waals surface area (Å²) >= 11 is 6.16. The van der Waals surface area contributed by atoms with Crippen molar-refractivity contribution in [2.24, 2.45) is 0 Å². The molecule has 23 heavy (non-hydrogen) atoms. The number of rotatable bonds is 3. The van der Waals surface area contributed by atoms with Crippen molar-refractivity contribution in [3.8, 4) is 0 Å². The molecule has 2 N–H and O–H groups in total. The Morgan fingerprint density at radius 3 is 2.35 bits per heavy atom. The molecule has 0 bridgehead atoms. The second-order valence-electron chi connectivity index (χ2n) is 7.30. The number of anilines is 1. The third kappa shape index (κ3) is 5.94. The summed E-state index contributed by atoms with van der Waals surface area (Å²) in [7, 11) is 0. The van der Waals surface area contributed by atoms with Gasteiger partial charge in [-0.25, -0.2) is 4.79 Å². The first-order chi connectivity index (χ1) is 10.7. The summed E-state index contributed by atoms with van der Waals surface area (Å²) in [6.45, 7) is 7.62. The lowest BCUT2D eigenvalue weighted by atomic mass is 9.91. The number of nitrogens with one attached hydrogen (secondary N) is 2. The van der Waals surface area contributed by atoms with Crippen molar-refractivity contribution in [1.82, 2.24) is 5.32 Å². The molecule has 0 unspecified atom stereocenters. The molecule has 0 atom stereocenters. The van der Waals surface area contributed by atoms with Crippen LogP contribution in [0.4, 0.5) is 10.5 Å². The molecule has 4 nitrogen and oxygen atoms in total. The molecule has 0 radical (unpaired) electrons. The Morgan fingerprint density at radius 2 is 1.78 bits per heavy atom. The largest absolute Gasteiger partial charge is 0.444 e. The van der Waals surface area contributed by atoms with Crippen LogP contribution in [-0.4, -0.2) is 23.8 Å². The van der Waals surface area contributed by atoms with Crippen molar-refractivity contribution in [3.63, 3.8) is 0 Å². The van der Waals surface area contributed by atoms with E-state index in [1.807, 2.05) is 39.8 Å². The van der Waals surface area contributed by atoms with E-state index in [0.29, 0.717) is 6.04 Å². The van der Waals surface area contributed by atoms with Crippen LogP contribution < -0.4 is 10.6 Å². The maximum atomic E-state index is 11.8. The Hall–Kier alpha value is -1.42. The van der Waals surface area contributed by atoms with E-state index in [-0.39, 0.29) is 12.1 Å². The summed E-state index contributed by atoms with van der Waals surface area (Å²) in [5, 5.41) is 7.29. The van der Waals surface area contributed by atoms with Crippen LogP contribution >= 0.6 is 11.6 Å². The molecular weight excluding hydrogens is 312 g/mol. The van der Waals surface area contributed by atoms with Crippen LogP contribution in [0.2, 0.25) is 5.02 Å². The van der Waals surface area contributed by atoms with E-state index >= 15 is 0 Å². The van der Waals surface area contributed by atoms with Gasteiger partial charge in [0, 0.05) is 22.8 Å². The molecule has 128 valence electrons. The normalized spacial score (nSPS) is 21.6. The number of benzene rings is 1. The Labute approximate surface area is 143 Å². The van der Waals surface area contributed by atoms with Gasteiger partial charge in [-0.2, -0.15) is 0 Å². The first-order valence-corrected chi connectivity index (χ1v) is 8.63. The van der Waals surface area contributed by atoms with Gasteiger partial charge < -0.3 is 15.4 Å². The summed E-state index contributed by atoms with van der Waals surface area (Å²) < 4.78 is 5.31. The first-order valence-electron chi connectivity index (χ1n) is 8.25. The number of hydrogen-bond donors (Lipinski definition) is 2. The number of aryl methyl sites for hydroxylation is 1. The summed E-state index contributed by atoms with van der Waals surface area (Å²) in [6, 6.07) is 6.68. The third-order valence-corrected chi connectivity index (χ3v) is 4.40. The van der Waals surface area contributed by atoms with E-state index in [1.54, 1.807) is 0 Å². The Kier molecular flexibility index (Phi) is 5.79. The van der Waals surface area contributed by atoms with E-state index in [0.717, 1.165) is 42.0 Å². The Bertz CT molecular complexity index is 546. The molecule has 5 heteroatoms. The van der Waals surface area contributed by atoms with E-state index in [2.05, 4.69) is 16.7 Å². The molecule has 1 saturated carbocycles. The van der Waals surface area contributed by atoms with Crippen molar-refractivity contribution in [2.75, 3.05) is 5.32 Å². The lowest BCUT2D eigenvalue weighted by molar-refractivity contribution is 0.0492. The fourth-order valence-electron chi connectivity index (χ4n) is 2.77. The average Bonchev–Trinajstić information content (AvgIpc) is 2.43. The number of carbonyl (C=O) groups is 1. The number of halogens is 1. The highest BCUT2D eigenvalue weighted by atomic mass is 35.5. The minimum Gasteiger partial charge on any atom is -0.444 e. The van der Waals surface area contributed by atoms with Crippen molar-refractivity contribution in [3.05, 3.63) is 28.8 Å². The fraction of sp³-hybridized carbons (Fsp3) is 0.611. The lowest BCUT2D eigenvalue weighted by Gasteiger charge is -2.31. The minimum atomic E-state index is -0.451. The van der Waals surface area contributed by atoms with Gasteiger partial charge in [0.15, 0.2) is 0 Å². The number of alkyl carbamates (subject to hydrolysis) is 1. The minimum absolute atomic E-state index is 0.199. The van der Waals surface area contributed by atoms with Gasteiger partial charge in [0.2, 0.25) is 0 Å². The summed E-state index contributed by atoms with van der Waals surface area (Å²) in [5.74, 6) is 0. The van der Waals surface area contributed by atoms with Crippen LogP contribution in [0.3, 0.4) is 0 Å². The Morgan fingerprint density at radius 1 is 1.17 bits per heavy atom. The molecule has 0 aromatic heterocycles. The molecule has 0 heterocycles. The maximum absolute atomic E-state index is 11.8. The molecule has 0 aliphatic heterocycles. The molecule has 1 aliphatic rings. The van der Waals surface area contributed by atoms with E-state index < -0.39 is 5.60 Å². The molecule has 0 saturated heterocycles. The molecular formula is C18H27ClN2O2. The van der Waals surface area contributed by atoms with Crippen LogP contribution in [0.15, 0.2) is 18.2 Å². The molecule has 1 fully saturated rings. The van der Waals surface area contributed by atoms with Gasteiger partial charge in [-0.05, 0) is 71.1 Å². The SMILES string of the molecule is Cc1ccc(NC2CCC(NC(=O)OC(C)(C)C)CC2)cc1Cl. The Balaban J connectivity index is 1.77. The average molecular weight is 339 g/mol. The highest BCUT2D eigenvalue weighted by Crippen LogP contribution is 2.25. The quantitative estimate of drug-likeness (QED) is 0.824. The predicted octanol–water partition coefficient (Wildman–Crippen LogP) is 4.90. The van der Waals surface area contributed by atoms with Crippen molar-refractivity contribution in [2.45, 2.75) is 71.1 Å². The number of hydrogen-bond acceptors (Lipinski definition) is 3. The van der Waals surface area contributed by atoms with Gasteiger partial charge >= 0.3 is 6.09 Å². The van der Waals surface area contributed by atoms with Crippen LogP contribution in [0, 0.1) is 6.92 Å². The van der Waals surface area contributed by atoms with Crippen molar-refractivity contribution >= 4 is 23.4 Å². The summed E-state index contributed by atoms with van der Waals surface area (Å²) in [4.78, 5) is 11.8. The van der Waals surface area contributed by atoms with Gasteiger partial charge in [0.25, 0.3) is 0 Å².